The van der Waals surface area contributed by atoms with Gasteiger partial charge in [-0.1, -0.05) is 54.7 Å². The van der Waals surface area contributed by atoms with Gasteiger partial charge >= 0.3 is 17.9 Å². The molecule has 3 amide bonds. The molecule has 0 saturated heterocycles. The molecule has 0 aliphatic carbocycles. The summed E-state index contributed by atoms with van der Waals surface area (Å²) in [5.41, 5.74) is -5.53. The highest BCUT2D eigenvalue weighted by atomic mass is 79.9. The SMILES string of the molecule is CCC(COC(=O)C(C)(C)NC(=O)C(C)(C)Br)(COC(=O)C(C)(C)NC(=O)C(C)(C)Br)COC(=O)C(C)(C)NC(=O)C(C)(C)Br. The van der Waals surface area contributed by atoms with Gasteiger partial charge in [0.15, 0.2) is 0 Å². The van der Waals surface area contributed by atoms with E-state index in [4.69, 9.17) is 14.2 Å². The first-order valence-electron chi connectivity index (χ1n) is 14.4. The summed E-state index contributed by atoms with van der Waals surface area (Å²) in [5.74, 6) is -3.66. The predicted octanol–water partition coefficient (Wildman–Crippen LogP) is 4.22. The van der Waals surface area contributed by atoms with E-state index in [1.807, 2.05) is 0 Å². The van der Waals surface area contributed by atoms with Gasteiger partial charge in [0.1, 0.15) is 36.4 Å². The first-order chi connectivity index (χ1) is 19.8. The number of nitrogens with one attached hydrogen (secondary N) is 3. The fourth-order valence-electron chi connectivity index (χ4n) is 3.08. The quantitative estimate of drug-likeness (QED) is 0.117. The second-order valence-corrected chi connectivity index (χ2v) is 20.2. The number of amides is 3. The van der Waals surface area contributed by atoms with Gasteiger partial charge in [-0.3, -0.25) is 14.4 Å². The molecule has 45 heavy (non-hydrogen) atoms. The van der Waals surface area contributed by atoms with Crippen molar-refractivity contribution in [2.24, 2.45) is 5.41 Å². The van der Waals surface area contributed by atoms with E-state index in [1.54, 1.807) is 48.5 Å². The van der Waals surface area contributed by atoms with E-state index < -0.39 is 70.6 Å². The predicted molar refractivity (Wildman–Crippen MR) is 181 cm³/mol. The van der Waals surface area contributed by atoms with Crippen molar-refractivity contribution < 1.29 is 43.0 Å². The van der Waals surface area contributed by atoms with Gasteiger partial charge in [-0.25, -0.2) is 14.4 Å². The molecule has 0 aromatic rings. The number of ether oxygens (including phenoxy) is 3. The molecule has 15 heteroatoms. The third-order valence-electron chi connectivity index (χ3n) is 6.71. The Hall–Kier alpha value is -1.74. The highest BCUT2D eigenvalue weighted by molar-refractivity contribution is 9.10. The molecule has 0 radical (unpaired) electrons. The van der Waals surface area contributed by atoms with Crippen LogP contribution >= 0.6 is 47.8 Å². The number of hydrogen-bond donors (Lipinski definition) is 3. The van der Waals surface area contributed by atoms with Gasteiger partial charge in [0.2, 0.25) is 17.7 Å². The standard InChI is InChI=1S/C30H50Br3N3O9/c1-14-30(15-43-21(40)27(8,9)34-18(37)24(2,3)31,16-44-22(41)28(10,11)35-19(38)25(4,5)32)17-45-23(42)29(12,13)36-20(39)26(6,7)33/h14-17H2,1-13H3,(H,34,37)(H,35,38)(H,36,39). The largest absolute Gasteiger partial charge is 0.463 e. The minimum atomic E-state index is -1.43. The van der Waals surface area contributed by atoms with Crippen LogP contribution in [0.5, 0.6) is 0 Å². The van der Waals surface area contributed by atoms with Gasteiger partial charge in [0, 0.05) is 0 Å². The van der Waals surface area contributed by atoms with Gasteiger partial charge in [-0.2, -0.15) is 0 Å². The monoisotopic (exact) mass is 833 g/mol. The first kappa shape index (κ1) is 43.3. The molecule has 0 unspecified atom stereocenters. The van der Waals surface area contributed by atoms with Crippen LogP contribution in [0.1, 0.15) is 96.4 Å². The van der Waals surface area contributed by atoms with Crippen LogP contribution < -0.4 is 16.0 Å². The minimum Gasteiger partial charge on any atom is -0.463 e. The minimum absolute atomic E-state index is 0.213. The van der Waals surface area contributed by atoms with Crippen LogP contribution in [0.25, 0.3) is 0 Å². The van der Waals surface area contributed by atoms with E-state index in [0.717, 1.165) is 0 Å². The normalized spacial score (nSPS) is 13.3. The molecule has 0 fully saturated rings. The number of hydrogen-bond acceptors (Lipinski definition) is 9. The Labute approximate surface area is 292 Å². The van der Waals surface area contributed by atoms with Crippen molar-refractivity contribution in [3.05, 3.63) is 0 Å². The highest BCUT2D eigenvalue weighted by Gasteiger charge is 2.43. The summed E-state index contributed by atoms with van der Waals surface area (Å²) in [7, 11) is 0. The number of rotatable bonds is 16. The van der Waals surface area contributed by atoms with Gasteiger partial charge in [-0.15, -0.1) is 0 Å². The van der Waals surface area contributed by atoms with Crippen molar-refractivity contribution in [3.63, 3.8) is 0 Å². The van der Waals surface area contributed by atoms with Crippen LogP contribution in [0.2, 0.25) is 0 Å². The number of carbonyl (C=O) groups excluding carboxylic acids is 6. The lowest BCUT2D eigenvalue weighted by atomic mass is 9.87. The van der Waals surface area contributed by atoms with Crippen LogP contribution in [-0.2, 0) is 43.0 Å². The molecule has 3 N–H and O–H groups in total. The number of alkyl halides is 3. The lowest BCUT2D eigenvalue weighted by Gasteiger charge is -2.36. The maximum Gasteiger partial charge on any atom is 0.331 e. The fourth-order valence-corrected chi connectivity index (χ4v) is 3.38. The zero-order valence-electron chi connectivity index (χ0n) is 28.6. The van der Waals surface area contributed by atoms with Crippen molar-refractivity contribution in [1.82, 2.24) is 16.0 Å². The lowest BCUT2D eigenvalue weighted by molar-refractivity contribution is -0.171. The summed E-state index contributed by atoms with van der Waals surface area (Å²) < 4.78 is 14.0. The first-order valence-corrected chi connectivity index (χ1v) is 16.8. The zero-order chi connectivity index (χ0) is 36.0. The second-order valence-electron chi connectivity index (χ2n) is 14.2. The molecule has 0 rings (SSSR count). The lowest BCUT2D eigenvalue weighted by Crippen LogP contribution is -2.56. The van der Waals surface area contributed by atoms with Gasteiger partial charge in [0.25, 0.3) is 0 Å². The third-order valence-corrected chi connectivity index (χ3v) is 7.79. The maximum atomic E-state index is 13.1. The van der Waals surface area contributed by atoms with Crippen molar-refractivity contribution in [3.8, 4) is 0 Å². The second kappa shape index (κ2) is 15.4. The summed E-state index contributed by atoms with van der Waals surface area (Å²) in [5, 5.41) is 7.90. The van der Waals surface area contributed by atoms with Crippen molar-refractivity contribution in [2.75, 3.05) is 19.8 Å². The third kappa shape index (κ3) is 13.9. The fraction of sp³-hybridized carbons (Fsp3) is 0.800. The molecule has 0 spiro atoms. The Balaban J connectivity index is 6.13. The molecule has 0 aromatic heterocycles. The van der Waals surface area contributed by atoms with Crippen LogP contribution in [0.15, 0.2) is 0 Å². The molecule has 12 nitrogen and oxygen atoms in total. The van der Waals surface area contributed by atoms with E-state index in [2.05, 4.69) is 63.7 Å². The van der Waals surface area contributed by atoms with Crippen molar-refractivity contribution in [1.29, 1.82) is 0 Å². The summed E-state index contributed by atoms with van der Waals surface area (Å²) in [6.07, 6.45) is 0.213. The number of halogens is 3. The van der Waals surface area contributed by atoms with E-state index in [1.165, 1.54) is 41.5 Å². The zero-order valence-corrected chi connectivity index (χ0v) is 33.4. The molecule has 0 aromatic carbocycles. The highest BCUT2D eigenvalue weighted by Crippen LogP contribution is 2.28. The van der Waals surface area contributed by atoms with Gasteiger partial charge in [0.05, 0.1) is 18.4 Å². The van der Waals surface area contributed by atoms with Crippen molar-refractivity contribution in [2.45, 2.75) is 126 Å². The van der Waals surface area contributed by atoms with Crippen LogP contribution in [0.4, 0.5) is 0 Å². The topological polar surface area (TPSA) is 166 Å². The Kier molecular flexibility index (Phi) is 14.8. The molecule has 0 aliphatic heterocycles. The molecule has 0 saturated carbocycles. The smallest absolute Gasteiger partial charge is 0.331 e. The summed E-state index contributed by atoms with van der Waals surface area (Å²) >= 11 is 9.78. The Morgan fingerprint density at radius 3 is 0.822 bits per heavy atom. The summed E-state index contributed by atoms with van der Waals surface area (Å²) in [6, 6.07) is 0. The molecular weight excluding hydrogens is 786 g/mol. The molecular formula is C30H50Br3N3O9. The van der Waals surface area contributed by atoms with Crippen LogP contribution in [0.3, 0.4) is 0 Å². The average molecular weight is 836 g/mol. The van der Waals surface area contributed by atoms with Crippen LogP contribution in [0, 0.1) is 5.41 Å². The number of carbonyl (C=O) groups is 6. The van der Waals surface area contributed by atoms with Crippen molar-refractivity contribution >= 4 is 83.4 Å². The van der Waals surface area contributed by atoms with E-state index in [0.29, 0.717) is 0 Å². The molecule has 0 heterocycles. The van der Waals surface area contributed by atoms with Crippen LogP contribution in [-0.4, -0.2) is 85.0 Å². The van der Waals surface area contributed by atoms with E-state index in [9.17, 15) is 28.8 Å². The Morgan fingerprint density at radius 2 is 0.667 bits per heavy atom. The summed E-state index contributed by atoms with van der Waals surface area (Å²) in [4.78, 5) is 77.0. The number of esters is 3. The van der Waals surface area contributed by atoms with E-state index >= 15 is 0 Å². The Bertz CT molecular complexity index is 996. The Morgan fingerprint density at radius 1 is 0.467 bits per heavy atom. The van der Waals surface area contributed by atoms with Gasteiger partial charge < -0.3 is 30.2 Å². The maximum absolute atomic E-state index is 13.1. The van der Waals surface area contributed by atoms with E-state index in [-0.39, 0.29) is 26.2 Å². The molecule has 0 aliphatic rings. The summed E-state index contributed by atoms with van der Waals surface area (Å²) in [6.45, 7) is 19.3. The molecule has 260 valence electrons. The average Bonchev–Trinajstić information content (AvgIpc) is 2.85. The van der Waals surface area contributed by atoms with Gasteiger partial charge in [-0.05, 0) is 89.5 Å². The molecule has 0 atom stereocenters. The molecule has 0 bridgehead atoms.